The summed E-state index contributed by atoms with van der Waals surface area (Å²) in [6.07, 6.45) is 4.23. The van der Waals surface area contributed by atoms with Crippen molar-refractivity contribution < 1.29 is 0 Å². The van der Waals surface area contributed by atoms with E-state index in [0.717, 1.165) is 41.5 Å². The summed E-state index contributed by atoms with van der Waals surface area (Å²) in [4.78, 5) is 15.5. The van der Waals surface area contributed by atoms with E-state index in [1.54, 1.807) is 12.5 Å². The number of halogens is 1. The number of hydrogen-bond acceptors (Lipinski definition) is 5. The Morgan fingerprint density at radius 1 is 1.00 bits per heavy atom. The van der Waals surface area contributed by atoms with Gasteiger partial charge in [0.1, 0.15) is 18.0 Å². The Morgan fingerprint density at radius 3 is 2.71 bits per heavy atom. The third kappa shape index (κ3) is 2.90. The first-order valence-corrected chi connectivity index (χ1v) is 8.19. The molecule has 1 N–H and O–H groups in total. The van der Waals surface area contributed by atoms with E-state index in [1.165, 1.54) is 0 Å². The number of pyridine rings is 1. The number of para-hydroxylation sites is 1. The van der Waals surface area contributed by atoms with Gasteiger partial charge in [0.05, 0.1) is 10.7 Å². The summed E-state index contributed by atoms with van der Waals surface area (Å²) < 4.78 is 0. The largest absolute Gasteiger partial charge is 0.350 e. The second-order valence-electron chi connectivity index (χ2n) is 5.62. The molecule has 1 aliphatic heterocycles. The summed E-state index contributed by atoms with van der Waals surface area (Å²) in [5.74, 6) is 1.64. The maximum atomic E-state index is 6.30. The lowest BCUT2D eigenvalue weighted by Crippen LogP contribution is -2.32. The Kier molecular flexibility index (Phi) is 4.01. The van der Waals surface area contributed by atoms with E-state index in [9.17, 15) is 0 Å². The van der Waals surface area contributed by atoms with Crippen LogP contribution in [0.25, 0.3) is 0 Å². The molecule has 0 saturated heterocycles. The molecule has 0 atom stereocenters. The van der Waals surface area contributed by atoms with E-state index in [1.807, 2.05) is 42.5 Å². The van der Waals surface area contributed by atoms with Crippen molar-refractivity contribution in [1.29, 1.82) is 0 Å². The fourth-order valence-corrected chi connectivity index (χ4v) is 3.14. The first-order chi connectivity index (χ1) is 11.8. The molecule has 1 aliphatic rings. The molecule has 0 spiro atoms. The summed E-state index contributed by atoms with van der Waals surface area (Å²) in [5, 5.41) is 4.05. The Morgan fingerprint density at radius 2 is 1.88 bits per heavy atom. The zero-order valence-electron chi connectivity index (χ0n) is 13.0. The minimum atomic E-state index is 0.662. The van der Waals surface area contributed by atoms with Crippen LogP contribution in [0.3, 0.4) is 0 Å². The highest BCUT2D eigenvalue weighted by Crippen LogP contribution is 2.30. The van der Waals surface area contributed by atoms with Crippen LogP contribution in [-0.2, 0) is 13.0 Å². The molecule has 0 amide bonds. The van der Waals surface area contributed by atoms with Crippen molar-refractivity contribution in [3.63, 3.8) is 0 Å². The van der Waals surface area contributed by atoms with Crippen molar-refractivity contribution >= 4 is 28.9 Å². The maximum absolute atomic E-state index is 6.30. The van der Waals surface area contributed by atoms with Gasteiger partial charge in [-0.05, 0) is 24.3 Å². The third-order valence-electron chi connectivity index (χ3n) is 4.08. The monoisotopic (exact) mass is 337 g/mol. The molecule has 0 bridgehead atoms. The number of nitrogens with zero attached hydrogens (tertiary/aromatic N) is 4. The smallest absolute Gasteiger partial charge is 0.147 e. The van der Waals surface area contributed by atoms with Gasteiger partial charge in [-0.3, -0.25) is 0 Å². The van der Waals surface area contributed by atoms with Crippen LogP contribution in [0.2, 0.25) is 5.02 Å². The summed E-state index contributed by atoms with van der Waals surface area (Å²) in [5.41, 5.74) is 3.17. The molecule has 0 saturated carbocycles. The highest BCUT2D eigenvalue weighted by molar-refractivity contribution is 6.32. The molecule has 24 heavy (non-hydrogen) atoms. The second-order valence-corrected chi connectivity index (χ2v) is 6.03. The molecule has 3 aromatic rings. The maximum Gasteiger partial charge on any atom is 0.147 e. The number of hydrogen-bond donors (Lipinski definition) is 1. The number of rotatable bonds is 3. The molecule has 2 aromatic heterocycles. The fraction of sp³-hybridized carbons (Fsp3) is 0.167. The van der Waals surface area contributed by atoms with Gasteiger partial charge in [-0.15, -0.1) is 0 Å². The van der Waals surface area contributed by atoms with Crippen LogP contribution < -0.4 is 10.2 Å². The van der Waals surface area contributed by atoms with Gasteiger partial charge in [0, 0.05) is 37.0 Å². The van der Waals surface area contributed by atoms with Crippen molar-refractivity contribution in [3.05, 3.63) is 71.3 Å². The van der Waals surface area contributed by atoms with Gasteiger partial charge >= 0.3 is 0 Å². The normalized spacial score (nSPS) is 13.5. The highest BCUT2D eigenvalue weighted by atomic mass is 35.5. The molecule has 0 unspecified atom stereocenters. The van der Waals surface area contributed by atoms with Gasteiger partial charge in [0.25, 0.3) is 0 Å². The predicted octanol–water partition coefficient (Wildman–Crippen LogP) is 3.83. The van der Waals surface area contributed by atoms with Gasteiger partial charge in [0.15, 0.2) is 0 Å². The van der Waals surface area contributed by atoms with Crippen LogP contribution in [0.5, 0.6) is 0 Å². The Hall–Kier alpha value is -2.66. The van der Waals surface area contributed by atoms with E-state index in [4.69, 9.17) is 11.6 Å². The van der Waals surface area contributed by atoms with Crippen molar-refractivity contribution in [2.75, 3.05) is 16.8 Å². The van der Waals surface area contributed by atoms with Crippen molar-refractivity contribution in [1.82, 2.24) is 15.0 Å². The van der Waals surface area contributed by atoms with Crippen molar-refractivity contribution in [2.24, 2.45) is 0 Å². The van der Waals surface area contributed by atoms with E-state index < -0.39 is 0 Å². The van der Waals surface area contributed by atoms with Crippen LogP contribution in [0.1, 0.15) is 11.3 Å². The molecular formula is C18H16ClN5. The number of nitrogens with one attached hydrogen (secondary N) is 1. The van der Waals surface area contributed by atoms with Crippen LogP contribution in [0, 0.1) is 0 Å². The molecule has 6 heteroatoms. The summed E-state index contributed by atoms with van der Waals surface area (Å²) in [7, 11) is 0. The van der Waals surface area contributed by atoms with E-state index in [-0.39, 0.29) is 0 Å². The fourth-order valence-electron chi connectivity index (χ4n) is 2.90. The van der Waals surface area contributed by atoms with Crippen LogP contribution in [0.4, 0.5) is 17.3 Å². The quantitative estimate of drug-likeness (QED) is 0.787. The average molecular weight is 338 g/mol. The number of benzene rings is 1. The zero-order chi connectivity index (χ0) is 16.4. The van der Waals surface area contributed by atoms with Crippen LogP contribution >= 0.6 is 11.6 Å². The predicted molar refractivity (Wildman–Crippen MR) is 95.8 cm³/mol. The standard InChI is InChI=1S/C18H16ClN5/c19-15-7-4-9-20-18(15)24-10-8-16-14(11-24)17(22-12-21-16)23-13-5-2-1-3-6-13/h1-7,9,12H,8,10-11H2,(H,21,22,23). The Balaban J connectivity index is 1.66. The molecule has 5 nitrogen and oxygen atoms in total. The van der Waals surface area contributed by atoms with Gasteiger partial charge < -0.3 is 10.2 Å². The Labute approximate surface area is 145 Å². The van der Waals surface area contributed by atoms with Crippen molar-refractivity contribution in [2.45, 2.75) is 13.0 Å². The summed E-state index contributed by atoms with van der Waals surface area (Å²) >= 11 is 6.30. The minimum absolute atomic E-state index is 0.662. The molecule has 1 aromatic carbocycles. The molecule has 0 aliphatic carbocycles. The third-order valence-corrected chi connectivity index (χ3v) is 4.37. The van der Waals surface area contributed by atoms with Gasteiger partial charge in [-0.25, -0.2) is 15.0 Å². The van der Waals surface area contributed by atoms with Crippen LogP contribution in [0.15, 0.2) is 55.0 Å². The molecule has 0 fully saturated rings. The lowest BCUT2D eigenvalue weighted by atomic mass is 10.1. The van der Waals surface area contributed by atoms with E-state index in [0.29, 0.717) is 11.6 Å². The average Bonchev–Trinajstić information content (AvgIpc) is 2.63. The molecule has 3 heterocycles. The summed E-state index contributed by atoms with van der Waals surface area (Å²) in [6, 6.07) is 13.7. The van der Waals surface area contributed by atoms with Gasteiger partial charge in [0.2, 0.25) is 0 Å². The number of fused-ring (bicyclic) bond motifs is 1. The minimum Gasteiger partial charge on any atom is -0.350 e. The first kappa shape index (κ1) is 14.9. The first-order valence-electron chi connectivity index (χ1n) is 7.81. The SMILES string of the molecule is Clc1cccnc1N1CCc2ncnc(Nc3ccccc3)c2C1. The Bertz CT molecular complexity index is 853. The molecule has 4 rings (SSSR count). The van der Waals surface area contributed by atoms with Crippen molar-refractivity contribution in [3.8, 4) is 0 Å². The number of anilines is 3. The van der Waals surface area contributed by atoms with Crippen LogP contribution in [-0.4, -0.2) is 21.5 Å². The lowest BCUT2D eigenvalue weighted by molar-refractivity contribution is 0.699. The summed E-state index contributed by atoms with van der Waals surface area (Å²) in [6.45, 7) is 1.52. The molecule has 120 valence electrons. The zero-order valence-corrected chi connectivity index (χ0v) is 13.7. The lowest BCUT2D eigenvalue weighted by Gasteiger charge is -2.30. The second kappa shape index (κ2) is 6.45. The highest BCUT2D eigenvalue weighted by Gasteiger charge is 2.23. The topological polar surface area (TPSA) is 53.9 Å². The van der Waals surface area contributed by atoms with E-state index in [2.05, 4.69) is 25.2 Å². The molecule has 0 radical (unpaired) electrons. The van der Waals surface area contributed by atoms with Gasteiger partial charge in [-0.1, -0.05) is 29.8 Å². The molecular weight excluding hydrogens is 322 g/mol. The van der Waals surface area contributed by atoms with E-state index >= 15 is 0 Å². The number of aromatic nitrogens is 3. The van der Waals surface area contributed by atoms with Gasteiger partial charge in [-0.2, -0.15) is 0 Å².